The lowest BCUT2D eigenvalue weighted by Gasteiger charge is -2.06. The molecule has 0 radical (unpaired) electrons. The second-order valence-electron chi connectivity index (χ2n) is 3.66. The number of rotatable bonds is 6. The van der Waals surface area contributed by atoms with Gasteiger partial charge in [0.05, 0.1) is 0 Å². The summed E-state index contributed by atoms with van der Waals surface area (Å²) in [6.45, 7) is 7.19. The SMILES string of the molecule is C=CC(CC)CCC[n+]1ccccc1.[Br-]. The van der Waals surface area contributed by atoms with Gasteiger partial charge < -0.3 is 17.0 Å². The number of aryl methyl sites for hydroxylation is 1. The first kappa shape index (κ1) is 14.4. The Morgan fingerprint density at radius 1 is 1.27 bits per heavy atom. The molecule has 1 aromatic rings. The first-order valence-corrected chi connectivity index (χ1v) is 5.43. The van der Waals surface area contributed by atoms with Crippen molar-refractivity contribution in [1.82, 2.24) is 0 Å². The van der Waals surface area contributed by atoms with Crippen molar-refractivity contribution in [1.29, 1.82) is 0 Å². The molecule has 1 rings (SSSR count). The Bertz CT molecular complexity index is 258. The molecule has 0 bridgehead atoms. The highest BCUT2D eigenvalue weighted by atomic mass is 79.9. The minimum Gasteiger partial charge on any atom is -1.00 e. The Hall–Kier alpha value is -0.630. The van der Waals surface area contributed by atoms with Crippen molar-refractivity contribution in [3.05, 3.63) is 43.2 Å². The van der Waals surface area contributed by atoms with Crippen LogP contribution < -0.4 is 21.5 Å². The lowest BCUT2D eigenvalue weighted by molar-refractivity contribution is -0.697. The quantitative estimate of drug-likeness (QED) is 0.505. The zero-order valence-corrected chi connectivity index (χ0v) is 11.0. The second kappa shape index (κ2) is 8.66. The highest BCUT2D eigenvalue weighted by Gasteiger charge is 2.03. The summed E-state index contributed by atoms with van der Waals surface area (Å²) in [5.74, 6) is 0.694. The zero-order chi connectivity index (χ0) is 10.2. The molecule has 1 heterocycles. The van der Waals surface area contributed by atoms with Crippen molar-refractivity contribution < 1.29 is 21.5 Å². The van der Waals surface area contributed by atoms with E-state index in [0.717, 1.165) is 6.54 Å². The van der Waals surface area contributed by atoms with Gasteiger partial charge in [0.15, 0.2) is 12.4 Å². The molecule has 0 aliphatic carbocycles. The fourth-order valence-electron chi connectivity index (χ4n) is 1.61. The fraction of sp³-hybridized carbons (Fsp3) is 0.462. The standard InChI is InChI=1S/C13H20N.BrH/c1-3-13(4-2)9-8-12-14-10-6-5-7-11-14;/h3,5-7,10-11,13H,1,4,8-9,12H2,2H3;1H/q+1;/p-1. The molecular formula is C13H20BrN. The highest BCUT2D eigenvalue weighted by Crippen LogP contribution is 2.11. The number of halogens is 1. The van der Waals surface area contributed by atoms with E-state index in [2.05, 4.69) is 54.7 Å². The van der Waals surface area contributed by atoms with Crippen LogP contribution in [0.5, 0.6) is 0 Å². The molecule has 0 N–H and O–H groups in total. The predicted octanol–water partition coefficient (Wildman–Crippen LogP) is -0.0295. The van der Waals surface area contributed by atoms with E-state index < -0.39 is 0 Å². The Morgan fingerprint density at radius 2 is 1.93 bits per heavy atom. The van der Waals surface area contributed by atoms with E-state index in [4.69, 9.17) is 0 Å². The molecule has 0 aliphatic heterocycles. The molecular weight excluding hydrogens is 250 g/mol. The first-order chi connectivity index (χ1) is 6.86. The monoisotopic (exact) mass is 269 g/mol. The summed E-state index contributed by atoms with van der Waals surface area (Å²) >= 11 is 0. The lowest BCUT2D eigenvalue weighted by Crippen LogP contribution is -3.00. The summed E-state index contributed by atoms with van der Waals surface area (Å²) in [5.41, 5.74) is 0. The molecule has 0 aromatic carbocycles. The molecule has 1 unspecified atom stereocenters. The number of allylic oxidation sites excluding steroid dienone is 1. The molecule has 0 spiro atoms. The van der Waals surface area contributed by atoms with Gasteiger partial charge in [0.2, 0.25) is 0 Å². The molecule has 2 heteroatoms. The minimum absolute atomic E-state index is 0. The maximum atomic E-state index is 3.85. The summed E-state index contributed by atoms with van der Waals surface area (Å²) in [5, 5.41) is 0. The maximum absolute atomic E-state index is 3.85. The number of hydrogen-bond acceptors (Lipinski definition) is 0. The summed E-state index contributed by atoms with van der Waals surface area (Å²) in [6.07, 6.45) is 10.0. The number of nitrogens with zero attached hydrogens (tertiary/aromatic N) is 1. The van der Waals surface area contributed by atoms with Gasteiger partial charge >= 0.3 is 0 Å². The predicted molar refractivity (Wildman–Crippen MR) is 59.8 cm³/mol. The van der Waals surface area contributed by atoms with Crippen molar-refractivity contribution in [3.8, 4) is 0 Å². The van der Waals surface area contributed by atoms with Crippen molar-refractivity contribution >= 4 is 0 Å². The molecule has 1 aromatic heterocycles. The van der Waals surface area contributed by atoms with Crippen molar-refractivity contribution in [3.63, 3.8) is 0 Å². The molecule has 1 atom stereocenters. The molecule has 0 fully saturated rings. The van der Waals surface area contributed by atoms with E-state index in [0.29, 0.717) is 5.92 Å². The normalized spacial score (nSPS) is 11.5. The Labute approximate surface area is 104 Å². The van der Waals surface area contributed by atoms with Crippen LogP contribution in [0.25, 0.3) is 0 Å². The summed E-state index contributed by atoms with van der Waals surface area (Å²) < 4.78 is 2.23. The molecule has 15 heavy (non-hydrogen) atoms. The molecule has 0 aliphatic rings. The van der Waals surface area contributed by atoms with Crippen LogP contribution in [0.4, 0.5) is 0 Å². The molecule has 84 valence electrons. The number of pyridine rings is 1. The number of hydrogen-bond donors (Lipinski definition) is 0. The van der Waals surface area contributed by atoms with E-state index in [9.17, 15) is 0 Å². The average molecular weight is 270 g/mol. The minimum atomic E-state index is 0. The van der Waals surface area contributed by atoms with Crippen LogP contribution in [0.3, 0.4) is 0 Å². The maximum Gasteiger partial charge on any atom is 0.168 e. The van der Waals surface area contributed by atoms with E-state index in [-0.39, 0.29) is 17.0 Å². The van der Waals surface area contributed by atoms with Gasteiger partial charge in [0.25, 0.3) is 0 Å². The van der Waals surface area contributed by atoms with Gasteiger partial charge in [-0.15, -0.1) is 6.58 Å². The van der Waals surface area contributed by atoms with Crippen LogP contribution in [0.15, 0.2) is 43.2 Å². The first-order valence-electron chi connectivity index (χ1n) is 5.43. The summed E-state index contributed by atoms with van der Waals surface area (Å²) in [6, 6.07) is 6.20. The van der Waals surface area contributed by atoms with Gasteiger partial charge in [-0.3, -0.25) is 0 Å². The van der Waals surface area contributed by atoms with Crippen LogP contribution in [-0.4, -0.2) is 0 Å². The van der Waals surface area contributed by atoms with Crippen molar-refractivity contribution in [2.24, 2.45) is 5.92 Å². The van der Waals surface area contributed by atoms with E-state index in [1.54, 1.807) is 0 Å². The highest BCUT2D eigenvalue weighted by molar-refractivity contribution is 4.83. The Morgan fingerprint density at radius 3 is 2.47 bits per heavy atom. The molecule has 0 saturated carbocycles. The van der Waals surface area contributed by atoms with E-state index in [1.165, 1.54) is 19.3 Å². The number of aromatic nitrogens is 1. The molecule has 1 nitrogen and oxygen atoms in total. The van der Waals surface area contributed by atoms with Gasteiger partial charge in [0, 0.05) is 18.6 Å². The third-order valence-corrected chi connectivity index (χ3v) is 2.63. The summed E-state index contributed by atoms with van der Waals surface area (Å²) in [4.78, 5) is 0. The Balaban J connectivity index is 0.00000196. The van der Waals surface area contributed by atoms with Gasteiger partial charge in [0.1, 0.15) is 6.54 Å². The topological polar surface area (TPSA) is 3.88 Å². The van der Waals surface area contributed by atoms with Gasteiger partial charge in [-0.2, -0.15) is 0 Å². The van der Waals surface area contributed by atoms with Gasteiger partial charge in [-0.25, -0.2) is 4.57 Å². The van der Waals surface area contributed by atoms with E-state index >= 15 is 0 Å². The van der Waals surface area contributed by atoms with Gasteiger partial charge in [-0.1, -0.05) is 19.1 Å². The third-order valence-electron chi connectivity index (χ3n) is 2.63. The van der Waals surface area contributed by atoms with Crippen molar-refractivity contribution in [2.75, 3.05) is 0 Å². The molecule has 0 saturated heterocycles. The third kappa shape index (κ3) is 5.73. The van der Waals surface area contributed by atoms with Crippen LogP contribution in [-0.2, 0) is 6.54 Å². The van der Waals surface area contributed by atoms with Gasteiger partial charge in [-0.05, 0) is 18.8 Å². The molecule has 0 amide bonds. The zero-order valence-electron chi connectivity index (χ0n) is 9.40. The van der Waals surface area contributed by atoms with Crippen LogP contribution >= 0.6 is 0 Å². The lowest BCUT2D eigenvalue weighted by atomic mass is 10.0. The fourth-order valence-corrected chi connectivity index (χ4v) is 1.61. The smallest absolute Gasteiger partial charge is 0.168 e. The van der Waals surface area contributed by atoms with Crippen LogP contribution in [0.2, 0.25) is 0 Å². The average Bonchev–Trinajstić information content (AvgIpc) is 2.26. The summed E-state index contributed by atoms with van der Waals surface area (Å²) in [7, 11) is 0. The second-order valence-corrected chi connectivity index (χ2v) is 3.66. The van der Waals surface area contributed by atoms with Crippen LogP contribution in [0, 0.1) is 5.92 Å². The Kier molecular flexibility index (Phi) is 8.30. The van der Waals surface area contributed by atoms with Crippen LogP contribution in [0.1, 0.15) is 26.2 Å². The largest absolute Gasteiger partial charge is 1.00 e. The van der Waals surface area contributed by atoms with Crippen molar-refractivity contribution in [2.45, 2.75) is 32.7 Å². The van der Waals surface area contributed by atoms with E-state index in [1.807, 2.05) is 0 Å².